The highest BCUT2D eigenvalue weighted by atomic mass is 127. The zero-order valence-corrected chi connectivity index (χ0v) is 12.4. The van der Waals surface area contributed by atoms with E-state index in [1.54, 1.807) is 6.20 Å². The van der Waals surface area contributed by atoms with Crippen LogP contribution >= 0.6 is 22.6 Å². The zero-order valence-electron chi connectivity index (χ0n) is 10.3. The van der Waals surface area contributed by atoms with Gasteiger partial charge in [0.1, 0.15) is 0 Å². The van der Waals surface area contributed by atoms with Gasteiger partial charge in [0.25, 0.3) is 0 Å². The summed E-state index contributed by atoms with van der Waals surface area (Å²) in [4.78, 5) is 4.19. The van der Waals surface area contributed by atoms with Crippen LogP contribution in [0.2, 0.25) is 0 Å². The van der Waals surface area contributed by atoms with E-state index in [2.05, 4.69) is 76.1 Å². The second-order valence-corrected chi connectivity index (χ2v) is 5.58. The van der Waals surface area contributed by atoms with Gasteiger partial charge in [-0.2, -0.15) is 0 Å². The Morgan fingerprint density at radius 3 is 2.05 bits per heavy atom. The fraction of sp³-hybridized carbons (Fsp3) is 0. The normalized spacial score (nSPS) is 10.4. The minimum absolute atomic E-state index is 1.15. The molecule has 3 aromatic rings. The lowest BCUT2D eigenvalue weighted by atomic mass is 10.0. The molecule has 0 N–H and O–H groups in total. The van der Waals surface area contributed by atoms with Crippen molar-refractivity contribution < 1.29 is 0 Å². The molecule has 19 heavy (non-hydrogen) atoms. The minimum Gasteiger partial charge on any atom is -0.264 e. The molecule has 0 aliphatic heterocycles. The Hall–Kier alpha value is -1.68. The van der Waals surface area contributed by atoms with Crippen molar-refractivity contribution in [2.45, 2.75) is 0 Å². The Morgan fingerprint density at radius 2 is 1.37 bits per heavy atom. The number of aromatic nitrogens is 1. The summed E-state index contributed by atoms with van der Waals surface area (Å²) in [7, 11) is 0. The topological polar surface area (TPSA) is 12.9 Å². The Kier molecular flexibility index (Phi) is 3.60. The van der Waals surface area contributed by atoms with E-state index in [1.807, 2.05) is 18.3 Å². The summed E-state index contributed by atoms with van der Waals surface area (Å²) in [6.07, 6.45) is 3.70. The highest BCUT2D eigenvalue weighted by Gasteiger charge is 2.03. The third-order valence-electron chi connectivity index (χ3n) is 3.00. The Labute approximate surface area is 126 Å². The first-order valence-corrected chi connectivity index (χ1v) is 7.17. The van der Waals surface area contributed by atoms with Gasteiger partial charge in [-0.25, -0.2) is 0 Å². The summed E-state index contributed by atoms with van der Waals surface area (Å²) in [6, 6.07) is 21.1. The number of rotatable bonds is 2. The van der Waals surface area contributed by atoms with E-state index in [0.29, 0.717) is 0 Å². The van der Waals surface area contributed by atoms with Crippen LogP contribution in [0.25, 0.3) is 22.3 Å². The molecule has 0 saturated carbocycles. The summed E-state index contributed by atoms with van der Waals surface area (Å²) in [5, 5.41) is 0. The van der Waals surface area contributed by atoms with Crippen molar-refractivity contribution in [3.63, 3.8) is 0 Å². The predicted molar refractivity (Wildman–Crippen MR) is 87.8 cm³/mol. The highest BCUT2D eigenvalue weighted by molar-refractivity contribution is 14.1. The Bertz CT molecular complexity index is 620. The molecule has 0 bridgehead atoms. The fourth-order valence-electron chi connectivity index (χ4n) is 2.09. The SMILES string of the molecule is Ic1cc(-c2ccccc2)cc(-c2cccnc2)c1. The van der Waals surface area contributed by atoms with Crippen molar-refractivity contribution in [1.29, 1.82) is 0 Å². The van der Waals surface area contributed by atoms with Crippen LogP contribution in [0, 0.1) is 3.57 Å². The van der Waals surface area contributed by atoms with Crippen molar-refractivity contribution in [2.24, 2.45) is 0 Å². The number of hydrogen-bond acceptors (Lipinski definition) is 1. The van der Waals surface area contributed by atoms with Crippen molar-refractivity contribution in [3.8, 4) is 22.3 Å². The van der Waals surface area contributed by atoms with Crippen molar-refractivity contribution in [2.75, 3.05) is 0 Å². The van der Waals surface area contributed by atoms with Gasteiger partial charge >= 0.3 is 0 Å². The van der Waals surface area contributed by atoms with Crippen molar-refractivity contribution in [3.05, 3.63) is 76.6 Å². The number of hydrogen-bond donors (Lipinski definition) is 0. The lowest BCUT2D eigenvalue weighted by Crippen LogP contribution is -1.84. The zero-order chi connectivity index (χ0) is 13.1. The molecular weight excluding hydrogens is 345 g/mol. The first kappa shape index (κ1) is 12.4. The van der Waals surface area contributed by atoms with Crippen LogP contribution in [0.1, 0.15) is 0 Å². The molecule has 2 aromatic carbocycles. The average molecular weight is 357 g/mol. The molecular formula is C17H12IN. The summed E-state index contributed by atoms with van der Waals surface area (Å²) in [6.45, 7) is 0. The lowest BCUT2D eigenvalue weighted by Gasteiger charge is -2.07. The number of nitrogens with zero attached hydrogens (tertiary/aromatic N) is 1. The van der Waals surface area contributed by atoms with Gasteiger partial charge in [0.15, 0.2) is 0 Å². The van der Waals surface area contributed by atoms with Gasteiger partial charge in [-0.05, 0) is 63.5 Å². The van der Waals surface area contributed by atoms with Crippen LogP contribution in [-0.4, -0.2) is 4.98 Å². The van der Waals surface area contributed by atoms with Crippen molar-refractivity contribution in [1.82, 2.24) is 4.98 Å². The van der Waals surface area contributed by atoms with Gasteiger partial charge in [0, 0.05) is 21.5 Å². The van der Waals surface area contributed by atoms with Crippen LogP contribution in [0.5, 0.6) is 0 Å². The maximum atomic E-state index is 4.19. The first-order chi connectivity index (χ1) is 9.33. The van der Waals surface area contributed by atoms with E-state index < -0.39 is 0 Å². The molecule has 0 atom stereocenters. The maximum Gasteiger partial charge on any atom is 0.0346 e. The third kappa shape index (κ3) is 2.84. The average Bonchev–Trinajstić information content (AvgIpc) is 2.48. The second-order valence-electron chi connectivity index (χ2n) is 4.34. The molecule has 0 fully saturated rings. The molecule has 3 rings (SSSR count). The Morgan fingerprint density at radius 1 is 0.684 bits per heavy atom. The smallest absolute Gasteiger partial charge is 0.0346 e. The van der Waals surface area contributed by atoms with Crippen LogP contribution in [0.15, 0.2) is 73.1 Å². The standard InChI is InChI=1S/C17H12IN/c18-17-10-15(13-5-2-1-3-6-13)9-16(11-17)14-7-4-8-19-12-14/h1-12H. The molecule has 1 nitrogen and oxygen atoms in total. The second kappa shape index (κ2) is 5.53. The monoisotopic (exact) mass is 357 g/mol. The molecule has 0 aliphatic rings. The molecule has 92 valence electrons. The van der Waals surface area contributed by atoms with E-state index in [0.717, 1.165) is 5.56 Å². The van der Waals surface area contributed by atoms with Crippen LogP contribution in [0.4, 0.5) is 0 Å². The van der Waals surface area contributed by atoms with Crippen LogP contribution in [-0.2, 0) is 0 Å². The summed E-state index contributed by atoms with van der Waals surface area (Å²) in [5.41, 5.74) is 4.84. The van der Waals surface area contributed by atoms with Crippen LogP contribution in [0.3, 0.4) is 0 Å². The van der Waals surface area contributed by atoms with Crippen LogP contribution < -0.4 is 0 Å². The molecule has 0 unspecified atom stereocenters. The van der Waals surface area contributed by atoms with Crippen molar-refractivity contribution >= 4 is 22.6 Å². The van der Waals surface area contributed by atoms with Gasteiger partial charge in [0.2, 0.25) is 0 Å². The van der Waals surface area contributed by atoms with E-state index in [9.17, 15) is 0 Å². The molecule has 2 heteroatoms. The molecule has 1 aromatic heterocycles. The minimum atomic E-state index is 1.15. The summed E-state index contributed by atoms with van der Waals surface area (Å²) < 4.78 is 1.23. The highest BCUT2D eigenvalue weighted by Crippen LogP contribution is 2.28. The van der Waals surface area contributed by atoms with Gasteiger partial charge in [-0.15, -0.1) is 0 Å². The van der Waals surface area contributed by atoms with E-state index in [-0.39, 0.29) is 0 Å². The quantitative estimate of drug-likeness (QED) is 0.587. The third-order valence-corrected chi connectivity index (χ3v) is 3.62. The lowest BCUT2D eigenvalue weighted by molar-refractivity contribution is 1.33. The summed E-state index contributed by atoms with van der Waals surface area (Å²) in [5.74, 6) is 0. The number of benzene rings is 2. The van der Waals surface area contributed by atoms with E-state index >= 15 is 0 Å². The van der Waals surface area contributed by atoms with E-state index in [1.165, 1.54) is 20.3 Å². The van der Waals surface area contributed by atoms with Gasteiger partial charge in [0.05, 0.1) is 0 Å². The number of pyridine rings is 1. The maximum absolute atomic E-state index is 4.19. The number of halogens is 1. The molecule has 0 radical (unpaired) electrons. The molecule has 0 amide bonds. The predicted octanol–water partition coefficient (Wildman–Crippen LogP) is 5.02. The largest absolute Gasteiger partial charge is 0.264 e. The van der Waals surface area contributed by atoms with Gasteiger partial charge in [-0.1, -0.05) is 36.4 Å². The van der Waals surface area contributed by atoms with Gasteiger partial charge in [-0.3, -0.25) is 4.98 Å². The summed E-state index contributed by atoms with van der Waals surface area (Å²) >= 11 is 2.36. The molecule has 0 aliphatic carbocycles. The fourth-order valence-corrected chi connectivity index (χ4v) is 2.76. The molecule has 0 spiro atoms. The van der Waals surface area contributed by atoms with E-state index in [4.69, 9.17) is 0 Å². The van der Waals surface area contributed by atoms with Gasteiger partial charge < -0.3 is 0 Å². The molecule has 1 heterocycles. The Balaban J connectivity index is 2.12. The first-order valence-electron chi connectivity index (χ1n) is 6.09. The molecule has 0 saturated heterocycles.